The lowest BCUT2D eigenvalue weighted by atomic mass is 10.3. The Hall–Kier alpha value is -3.10. The minimum atomic E-state index is -0.432. The zero-order valence-corrected chi connectivity index (χ0v) is 14.5. The van der Waals surface area contributed by atoms with Gasteiger partial charge in [0.05, 0.1) is 33.6 Å². The van der Waals surface area contributed by atoms with Gasteiger partial charge in [0.25, 0.3) is 0 Å². The summed E-state index contributed by atoms with van der Waals surface area (Å²) in [6.45, 7) is 0. The number of hydrazine groups is 1. The van der Waals surface area contributed by atoms with E-state index in [1.165, 1.54) is 12.6 Å². The van der Waals surface area contributed by atoms with Crippen LogP contribution >= 0.6 is 23.2 Å². The summed E-state index contributed by atoms with van der Waals surface area (Å²) < 4.78 is 6.63. The van der Waals surface area contributed by atoms with E-state index in [1.807, 2.05) is 0 Å². The molecule has 0 aliphatic heterocycles. The molecule has 2 N–H and O–H groups in total. The van der Waals surface area contributed by atoms with Crippen LogP contribution in [-0.4, -0.2) is 25.7 Å². The molecule has 0 unspecified atom stereocenters. The SMILES string of the molecule is O=C(NNc1ncnc2c1cnn2-c1ccc(Cl)c(Cl)c1)c1ccco1. The molecule has 10 heteroatoms. The Morgan fingerprint density at radius 2 is 2.04 bits per heavy atom. The predicted octanol–water partition coefficient (Wildman–Crippen LogP) is 3.47. The zero-order chi connectivity index (χ0) is 18.1. The molecule has 0 saturated carbocycles. The van der Waals surface area contributed by atoms with Crippen LogP contribution in [-0.2, 0) is 0 Å². The summed E-state index contributed by atoms with van der Waals surface area (Å²) in [6, 6.07) is 8.31. The van der Waals surface area contributed by atoms with Crippen LogP contribution in [0.2, 0.25) is 10.0 Å². The van der Waals surface area contributed by atoms with Gasteiger partial charge in [0, 0.05) is 0 Å². The van der Waals surface area contributed by atoms with Gasteiger partial charge in [-0.2, -0.15) is 5.10 Å². The van der Waals surface area contributed by atoms with E-state index < -0.39 is 5.91 Å². The molecule has 4 rings (SSSR count). The van der Waals surface area contributed by atoms with Crippen LogP contribution in [0.1, 0.15) is 10.6 Å². The molecule has 0 saturated heterocycles. The van der Waals surface area contributed by atoms with Crippen molar-refractivity contribution in [2.75, 3.05) is 5.43 Å². The van der Waals surface area contributed by atoms with Crippen molar-refractivity contribution in [3.05, 3.63) is 64.9 Å². The molecule has 0 fully saturated rings. The molecule has 0 bridgehead atoms. The van der Waals surface area contributed by atoms with Crippen molar-refractivity contribution >= 4 is 46.0 Å². The lowest BCUT2D eigenvalue weighted by molar-refractivity contribution is 0.0935. The predicted molar refractivity (Wildman–Crippen MR) is 96.5 cm³/mol. The number of halogens is 2. The standard InChI is InChI=1S/C16H10Cl2N6O2/c17-11-4-3-9(6-12(11)18)24-15-10(7-21-24)14(19-8-20-15)22-23-16(25)13-2-1-5-26-13/h1-8H,(H,23,25)(H,19,20,22). The highest BCUT2D eigenvalue weighted by molar-refractivity contribution is 6.42. The van der Waals surface area contributed by atoms with Crippen LogP contribution in [0.4, 0.5) is 5.82 Å². The van der Waals surface area contributed by atoms with E-state index in [4.69, 9.17) is 27.6 Å². The van der Waals surface area contributed by atoms with E-state index >= 15 is 0 Å². The maximum Gasteiger partial charge on any atom is 0.305 e. The summed E-state index contributed by atoms with van der Waals surface area (Å²) in [4.78, 5) is 20.3. The van der Waals surface area contributed by atoms with E-state index in [0.717, 1.165) is 0 Å². The van der Waals surface area contributed by atoms with Crippen LogP contribution in [0.3, 0.4) is 0 Å². The Morgan fingerprint density at radius 1 is 1.15 bits per heavy atom. The number of hydrogen-bond acceptors (Lipinski definition) is 6. The van der Waals surface area contributed by atoms with E-state index in [9.17, 15) is 4.79 Å². The number of furan rings is 1. The Labute approximate surface area is 156 Å². The number of nitrogens with one attached hydrogen (secondary N) is 2. The largest absolute Gasteiger partial charge is 0.459 e. The lowest BCUT2D eigenvalue weighted by Crippen LogP contribution is -2.29. The average Bonchev–Trinajstić information content (AvgIpc) is 3.32. The first-order valence-corrected chi connectivity index (χ1v) is 8.13. The Balaban J connectivity index is 1.64. The van der Waals surface area contributed by atoms with Crippen molar-refractivity contribution in [2.24, 2.45) is 0 Å². The van der Waals surface area contributed by atoms with Gasteiger partial charge in [-0.25, -0.2) is 14.6 Å². The molecule has 3 aromatic heterocycles. The normalized spacial score (nSPS) is 10.8. The highest BCUT2D eigenvalue weighted by Crippen LogP contribution is 2.26. The lowest BCUT2D eigenvalue weighted by Gasteiger charge is -2.08. The smallest absolute Gasteiger partial charge is 0.305 e. The van der Waals surface area contributed by atoms with Gasteiger partial charge in [0.2, 0.25) is 0 Å². The van der Waals surface area contributed by atoms with Gasteiger partial charge in [-0.3, -0.25) is 15.6 Å². The van der Waals surface area contributed by atoms with E-state index in [1.54, 1.807) is 41.2 Å². The fraction of sp³-hybridized carbons (Fsp3) is 0. The van der Waals surface area contributed by atoms with Crippen molar-refractivity contribution in [3.63, 3.8) is 0 Å². The molecule has 26 heavy (non-hydrogen) atoms. The zero-order valence-electron chi connectivity index (χ0n) is 13.0. The molecule has 0 aliphatic rings. The molecule has 0 atom stereocenters. The van der Waals surface area contributed by atoms with Crippen molar-refractivity contribution in [2.45, 2.75) is 0 Å². The van der Waals surface area contributed by atoms with Crippen molar-refractivity contribution in [3.8, 4) is 5.69 Å². The number of fused-ring (bicyclic) bond motifs is 1. The molecule has 1 amide bonds. The van der Waals surface area contributed by atoms with Gasteiger partial charge < -0.3 is 4.42 Å². The van der Waals surface area contributed by atoms with Gasteiger partial charge >= 0.3 is 5.91 Å². The molecule has 8 nitrogen and oxygen atoms in total. The molecule has 0 aliphatic carbocycles. The van der Waals surface area contributed by atoms with E-state index in [-0.39, 0.29) is 5.76 Å². The second-order valence-corrected chi connectivity index (χ2v) is 5.99. The Kier molecular flexibility index (Phi) is 4.19. The van der Waals surface area contributed by atoms with Gasteiger partial charge in [-0.1, -0.05) is 23.2 Å². The maximum atomic E-state index is 12.0. The van der Waals surface area contributed by atoms with Gasteiger partial charge in [-0.15, -0.1) is 0 Å². The third-order valence-electron chi connectivity index (χ3n) is 3.55. The third-order valence-corrected chi connectivity index (χ3v) is 4.29. The number of rotatable bonds is 4. The number of nitrogens with zero attached hydrogens (tertiary/aromatic N) is 4. The fourth-order valence-corrected chi connectivity index (χ4v) is 2.63. The van der Waals surface area contributed by atoms with Crippen LogP contribution in [0.5, 0.6) is 0 Å². The summed E-state index contributed by atoms with van der Waals surface area (Å²) >= 11 is 12.0. The van der Waals surface area contributed by atoms with Gasteiger partial charge in [-0.05, 0) is 30.3 Å². The van der Waals surface area contributed by atoms with E-state index in [0.29, 0.717) is 32.6 Å². The quantitative estimate of drug-likeness (QED) is 0.519. The second-order valence-electron chi connectivity index (χ2n) is 5.17. The number of anilines is 1. The minimum Gasteiger partial charge on any atom is -0.459 e. The summed E-state index contributed by atoms with van der Waals surface area (Å²) in [5.74, 6) is 0.133. The molecular formula is C16H10Cl2N6O2. The highest BCUT2D eigenvalue weighted by Gasteiger charge is 2.14. The number of carbonyl (C=O) groups excluding carboxylic acids is 1. The van der Waals surface area contributed by atoms with Crippen LogP contribution < -0.4 is 10.9 Å². The number of aromatic nitrogens is 4. The monoisotopic (exact) mass is 388 g/mol. The first-order valence-electron chi connectivity index (χ1n) is 7.37. The first-order chi connectivity index (χ1) is 12.6. The molecule has 3 heterocycles. The number of hydrogen-bond donors (Lipinski definition) is 2. The number of amides is 1. The third kappa shape index (κ3) is 2.96. The fourth-order valence-electron chi connectivity index (χ4n) is 2.33. The molecule has 0 radical (unpaired) electrons. The second kappa shape index (κ2) is 6.66. The van der Waals surface area contributed by atoms with Crippen molar-refractivity contribution in [1.29, 1.82) is 0 Å². The Bertz CT molecular complexity index is 1090. The van der Waals surface area contributed by atoms with E-state index in [2.05, 4.69) is 25.9 Å². The molecule has 4 aromatic rings. The molecule has 1 aromatic carbocycles. The van der Waals surface area contributed by atoms with Crippen LogP contribution in [0.15, 0.2) is 53.5 Å². The summed E-state index contributed by atoms with van der Waals surface area (Å²) in [5.41, 5.74) is 6.49. The first kappa shape index (κ1) is 16.4. The minimum absolute atomic E-state index is 0.175. The summed E-state index contributed by atoms with van der Waals surface area (Å²) in [5, 5.41) is 5.78. The number of benzene rings is 1. The van der Waals surface area contributed by atoms with Crippen molar-refractivity contribution < 1.29 is 9.21 Å². The molecular weight excluding hydrogens is 379 g/mol. The van der Waals surface area contributed by atoms with Crippen LogP contribution in [0, 0.1) is 0 Å². The average molecular weight is 389 g/mol. The number of carbonyl (C=O) groups is 1. The topological polar surface area (TPSA) is 97.9 Å². The molecule has 0 spiro atoms. The summed E-state index contributed by atoms with van der Waals surface area (Å²) in [6.07, 6.45) is 4.36. The molecule has 130 valence electrons. The van der Waals surface area contributed by atoms with Crippen molar-refractivity contribution in [1.82, 2.24) is 25.2 Å². The highest BCUT2D eigenvalue weighted by atomic mass is 35.5. The summed E-state index contributed by atoms with van der Waals surface area (Å²) in [7, 11) is 0. The van der Waals surface area contributed by atoms with Gasteiger partial charge in [0.15, 0.2) is 17.2 Å². The van der Waals surface area contributed by atoms with Gasteiger partial charge in [0.1, 0.15) is 6.33 Å². The Morgan fingerprint density at radius 3 is 2.81 bits per heavy atom. The van der Waals surface area contributed by atoms with Crippen LogP contribution in [0.25, 0.3) is 16.7 Å². The maximum absolute atomic E-state index is 12.0.